The summed E-state index contributed by atoms with van der Waals surface area (Å²) in [6.45, 7) is 5.83. The van der Waals surface area contributed by atoms with Crippen LogP contribution in [0, 0.1) is 5.92 Å². The minimum absolute atomic E-state index is 0.295. The highest BCUT2D eigenvalue weighted by atomic mass is 79.9. The molecule has 6 heteroatoms. The zero-order valence-corrected chi connectivity index (χ0v) is 15.6. The van der Waals surface area contributed by atoms with Gasteiger partial charge in [0.05, 0.1) is 4.90 Å². The molecule has 0 atom stereocenters. The number of alkyl halides is 1. The van der Waals surface area contributed by atoms with Gasteiger partial charge in [0.25, 0.3) is 0 Å². The van der Waals surface area contributed by atoms with E-state index in [0.717, 1.165) is 10.9 Å². The lowest BCUT2D eigenvalue weighted by Gasteiger charge is -2.25. The lowest BCUT2D eigenvalue weighted by atomic mass is 10.2. The lowest BCUT2D eigenvalue weighted by Crippen LogP contribution is -2.38. The summed E-state index contributed by atoms with van der Waals surface area (Å²) in [5.74, 6) is 0.295. The third-order valence-electron chi connectivity index (χ3n) is 3.08. The molecule has 120 valence electrons. The number of halogens is 1. The van der Waals surface area contributed by atoms with Gasteiger partial charge in [0, 0.05) is 25.0 Å². The molecule has 0 fully saturated rings. The van der Waals surface area contributed by atoms with Crippen LogP contribution in [0.5, 0.6) is 0 Å². The average molecular weight is 377 g/mol. The van der Waals surface area contributed by atoms with Crippen molar-refractivity contribution < 1.29 is 8.42 Å². The molecule has 0 saturated carbocycles. The molecule has 0 amide bonds. The van der Waals surface area contributed by atoms with Crippen LogP contribution in [0.1, 0.15) is 19.4 Å². The summed E-state index contributed by atoms with van der Waals surface area (Å²) >= 11 is 3.37. The van der Waals surface area contributed by atoms with Crippen molar-refractivity contribution in [3.05, 3.63) is 29.8 Å². The summed E-state index contributed by atoms with van der Waals surface area (Å²) < 4.78 is 27.1. The number of rotatable bonds is 8. The fourth-order valence-electron chi connectivity index (χ4n) is 1.93. The van der Waals surface area contributed by atoms with Crippen LogP contribution in [0.4, 0.5) is 0 Å². The highest BCUT2D eigenvalue weighted by Crippen LogP contribution is 2.18. The van der Waals surface area contributed by atoms with Crippen LogP contribution < -0.4 is 0 Å². The maximum Gasteiger partial charge on any atom is 0.243 e. The Morgan fingerprint density at radius 1 is 1.10 bits per heavy atom. The first kappa shape index (κ1) is 18.6. The van der Waals surface area contributed by atoms with Gasteiger partial charge < -0.3 is 4.90 Å². The first-order valence-corrected chi connectivity index (χ1v) is 9.63. The van der Waals surface area contributed by atoms with Gasteiger partial charge in [0.1, 0.15) is 0 Å². The summed E-state index contributed by atoms with van der Waals surface area (Å²) in [5, 5.41) is 0.726. The van der Waals surface area contributed by atoms with Gasteiger partial charge in [0.2, 0.25) is 10.0 Å². The van der Waals surface area contributed by atoms with Gasteiger partial charge in [-0.05, 0) is 37.7 Å². The Balaban J connectivity index is 3.00. The second-order valence-electron chi connectivity index (χ2n) is 5.84. The third kappa shape index (κ3) is 5.70. The van der Waals surface area contributed by atoms with Gasteiger partial charge in [-0.25, -0.2) is 8.42 Å². The molecule has 0 aliphatic carbocycles. The summed E-state index contributed by atoms with van der Waals surface area (Å²) in [4.78, 5) is 2.36. The van der Waals surface area contributed by atoms with Crippen LogP contribution in [-0.2, 0) is 15.4 Å². The Hall–Kier alpha value is -0.430. The second-order valence-corrected chi connectivity index (χ2v) is 8.34. The Morgan fingerprint density at radius 3 is 2.10 bits per heavy atom. The molecule has 1 aromatic rings. The van der Waals surface area contributed by atoms with Crippen LogP contribution in [0.3, 0.4) is 0 Å². The van der Waals surface area contributed by atoms with Gasteiger partial charge in [0.15, 0.2) is 0 Å². The topological polar surface area (TPSA) is 40.6 Å². The maximum atomic E-state index is 12.8. The van der Waals surface area contributed by atoms with E-state index in [0.29, 0.717) is 30.4 Å². The van der Waals surface area contributed by atoms with Gasteiger partial charge in [-0.2, -0.15) is 4.31 Å². The van der Waals surface area contributed by atoms with Crippen molar-refractivity contribution >= 4 is 26.0 Å². The van der Waals surface area contributed by atoms with E-state index >= 15 is 0 Å². The predicted molar refractivity (Wildman–Crippen MR) is 91.2 cm³/mol. The zero-order chi connectivity index (χ0) is 16.0. The fourth-order valence-corrected chi connectivity index (χ4v) is 3.90. The van der Waals surface area contributed by atoms with E-state index in [4.69, 9.17) is 0 Å². The SMILES string of the molecule is CC(C)CN(CCN(C)C)S(=O)(=O)c1ccc(CBr)cc1. The largest absolute Gasteiger partial charge is 0.308 e. The van der Waals surface area contributed by atoms with E-state index in [1.54, 1.807) is 16.4 Å². The quantitative estimate of drug-likeness (QED) is 0.654. The lowest BCUT2D eigenvalue weighted by molar-refractivity contribution is 0.312. The van der Waals surface area contributed by atoms with Gasteiger partial charge >= 0.3 is 0 Å². The van der Waals surface area contributed by atoms with E-state index in [9.17, 15) is 8.42 Å². The van der Waals surface area contributed by atoms with E-state index in [1.807, 2.05) is 45.0 Å². The van der Waals surface area contributed by atoms with Crippen LogP contribution in [0.15, 0.2) is 29.2 Å². The summed E-state index contributed by atoms with van der Waals surface area (Å²) in [7, 11) is 0.473. The van der Waals surface area contributed by atoms with Crippen molar-refractivity contribution in [1.29, 1.82) is 0 Å². The Kier molecular flexibility index (Phi) is 7.33. The first-order chi connectivity index (χ1) is 9.77. The minimum atomic E-state index is -3.43. The van der Waals surface area contributed by atoms with Crippen LogP contribution in [-0.4, -0.2) is 51.4 Å². The molecule has 21 heavy (non-hydrogen) atoms. The molecule has 0 heterocycles. The van der Waals surface area contributed by atoms with Crippen molar-refractivity contribution in [1.82, 2.24) is 9.21 Å². The van der Waals surface area contributed by atoms with Crippen LogP contribution in [0.25, 0.3) is 0 Å². The highest BCUT2D eigenvalue weighted by molar-refractivity contribution is 9.08. The normalized spacial score (nSPS) is 12.6. The molecule has 0 radical (unpaired) electrons. The van der Waals surface area contributed by atoms with Crippen molar-refractivity contribution in [3.63, 3.8) is 0 Å². The number of sulfonamides is 1. The summed E-state index contributed by atoms with van der Waals surface area (Å²) in [6, 6.07) is 7.08. The smallest absolute Gasteiger partial charge is 0.243 e. The van der Waals surface area contributed by atoms with Crippen molar-refractivity contribution in [2.75, 3.05) is 33.7 Å². The molecule has 1 rings (SSSR count). The molecule has 4 nitrogen and oxygen atoms in total. The monoisotopic (exact) mass is 376 g/mol. The van der Waals surface area contributed by atoms with Gasteiger partial charge in [-0.15, -0.1) is 0 Å². The van der Waals surface area contributed by atoms with Crippen LogP contribution >= 0.6 is 15.9 Å². The molecule has 0 spiro atoms. The molecule has 0 aliphatic rings. The van der Waals surface area contributed by atoms with Crippen LogP contribution in [0.2, 0.25) is 0 Å². The molecule has 0 aromatic heterocycles. The molecule has 0 N–H and O–H groups in total. The Morgan fingerprint density at radius 2 is 1.67 bits per heavy atom. The molecular formula is C15H25BrN2O2S. The minimum Gasteiger partial charge on any atom is -0.308 e. The zero-order valence-electron chi connectivity index (χ0n) is 13.2. The number of hydrogen-bond donors (Lipinski definition) is 0. The third-order valence-corrected chi connectivity index (χ3v) is 5.61. The van der Waals surface area contributed by atoms with Gasteiger partial charge in [-0.1, -0.05) is 41.9 Å². The fraction of sp³-hybridized carbons (Fsp3) is 0.600. The highest BCUT2D eigenvalue weighted by Gasteiger charge is 2.24. The molecule has 0 aliphatic heterocycles. The van der Waals surface area contributed by atoms with Crippen molar-refractivity contribution in [2.45, 2.75) is 24.1 Å². The average Bonchev–Trinajstić information content (AvgIpc) is 2.42. The molecule has 1 aromatic carbocycles. The number of nitrogens with zero attached hydrogens (tertiary/aromatic N) is 2. The second kappa shape index (κ2) is 8.27. The maximum absolute atomic E-state index is 12.8. The Labute approximate surface area is 137 Å². The standard InChI is InChI=1S/C15H25BrN2O2S/c1-13(2)12-18(10-9-17(3)4)21(19,20)15-7-5-14(11-16)6-8-15/h5-8,13H,9-12H2,1-4H3. The predicted octanol–water partition coefficient (Wildman–Crippen LogP) is 2.79. The van der Waals surface area contributed by atoms with Crippen molar-refractivity contribution in [3.8, 4) is 0 Å². The molecule has 0 unspecified atom stereocenters. The first-order valence-electron chi connectivity index (χ1n) is 7.07. The number of likely N-dealkylation sites (N-methyl/N-ethyl adjacent to an activating group) is 1. The van der Waals surface area contributed by atoms with E-state index in [-0.39, 0.29) is 0 Å². The Bertz CT molecular complexity index is 527. The van der Waals surface area contributed by atoms with E-state index < -0.39 is 10.0 Å². The van der Waals surface area contributed by atoms with E-state index in [1.165, 1.54) is 0 Å². The number of benzene rings is 1. The number of hydrogen-bond acceptors (Lipinski definition) is 3. The summed E-state index contributed by atoms with van der Waals surface area (Å²) in [6.07, 6.45) is 0. The molecule has 0 saturated heterocycles. The molecule has 0 bridgehead atoms. The molecular weight excluding hydrogens is 352 g/mol. The van der Waals surface area contributed by atoms with Gasteiger partial charge in [-0.3, -0.25) is 0 Å². The summed E-state index contributed by atoms with van der Waals surface area (Å²) in [5.41, 5.74) is 1.07. The van der Waals surface area contributed by atoms with E-state index in [2.05, 4.69) is 15.9 Å². The van der Waals surface area contributed by atoms with Crippen molar-refractivity contribution in [2.24, 2.45) is 5.92 Å².